The smallest absolute Gasteiger partial charge is 0.253 e. The van der Waals surface area contributed by atoms with Crippen molar-refractivity contribution in [2.75, 3.05) is 32.4 Å². The van der Waals surface area contributed by atoms with E-state index in [4.69, 9.17) is 11.0 Å². The highest BCUT2D eigenvalue weighted by Gasteiger charge is 2.26. The lowest BCUT2D eigenvalue weighted by atomic mass is 10.1. The van der Waals surface area contributed by atoms with Crippen molar-refractivity contribution in [1.82, 2.24) is 19.4 Å². The Balaban J connectivity index is 1.64. The second kappa shape index (κ2) is 9.28. The molecule has 0 saturated carbocycles. The Morgan fingerprint density at radius 3 is 2.77 bits per heavy atom. The van der Waals surface area contributed by atoms with Crippen LogP contribution in [0.15, 0.2) is 29.2 Å². The van der Waals surface area contributed by atoms with Gasteiger partial charge in [-0.25, -0.2) is 8.42 Å². The van der Waals surface area contributed by atoms with Crippen molar-refractivity contribution in [2.24, 2.45) is 0 Å². The fourth-order valence-corrected chi connectivity index (χ4v) is 5.12. The zero-order valence-corrected chi connectivity index (χ0v) is 17.8. The van der Waals surface area contributed by atoms with Gasteiger partial charge in [-0.05, 0) is 43.9 Å². The number of nitrogen functional groups attached to an aromatic ring is 1. The van der Waals surface area contributed by atoms with Crippen LogP contribution in [0.1, 0.15) is 47.3 Å². The first-order valence-corrected chi connectivity index (χ1v) is 11.4. The van der Waals surface area contributed by atoms with Gasteiger partial charge < -0.3 is 10.6 Å². The Morgan fingerprint density at radius 1 is 1.33 bits per heavy atom. The van der Waals surface area contributed by atoms with Crippen molar-refractivity contribution < 1.29 is 13.2 Å². The number of piperidine rings is 1. The molecular formula is C20H26N6O3S. The van der Waals surface area contributed by atoms with E-state index in [2.05, 4.69) is 10.2 Å². The Labute approximate surface area is 176 Å². The number of rotatable bonds is 7. The van der Waals surface area contributed by atoms with Crippen molar-refractivity contribution in [2.45, 2.75) is 37.0 Å². The van der Waals surface area contributed by atoms with Gasteiger partial charge in [0.1, 0.15) is 11.6 Å². The summed E-state index contributed by atoms with van der Waals surface area (Å²) in [6, 6.07) is 8.23. The minimum Gasteiger partial charge on any atom is -0.381 e. The first kappa shape index (κ1) is 21.8. The van der Waals surface area contributed by atoms with Gasteiger partial charge in [-0.1, -0.05) is 12.5 Å². The van der Waals surface area contributed by atoms with Crippen molar-refractivity contribution >= 4 is 21.7 Å². The van der Waals surface area contributed by atoms with Crippen molar-refractivity contribution in [1.29, 1.82) is 5.26 Å². The molecule has 10 heteroatoms. The van der Waals surface area contributed by atoms with Crippen LogP contribution < -0.4 is 5.73 Å². The van der Waals surface area contributed by atoms with Crippen LogP contribution in [0.4, 0.5) is 5.82 Å². The lowest BCUT2D eigenvalue weighted by molar-refractivity contribution is 0.0793. The number of aryl methyl sites for hydroxylation is 1. The number of benzene rings is 1. The summed E-state index contributed by atoms with van der Waals surface area (Å²) in [7, 11) is -1.93. The molecule has 1 saturated heterocycles. The van der Waals surface area contributed by atoms with Gasteiger partial charge in [0.2, 0.25) is 10.0 Å². The van der Waals surface area contributed by atoms with E-state index in [0.29, 0.717) is 49.3 Å². The Bertz CT molecular complexity index is 1050. The first-order valence-electron chi connectivity index (χ1n) is 9.93. The molecule has 3 N–H and O–H groups in total. The molecular weight excluding hydrogens is 404 g/mol. The summed E-state index contributed by atoms with van der Waals surface area (Å²) in [5, 5.41) is 15.7. The number of nitriles is 1. The monoisotopic (exact) mass is 430 g/mol. The number of hydrogen-bond donors (Lipinski definition) is 2. The molecule has 0 unspecified atom stereocenters. The lowest BCUT2D eigenvalue weighted by Gasteiger charge is -2.26. The van der Waals surface area contributed by atoms with E-state index in [1.54, 1.807) is 24.1 Å². The summed E-state index contributed by atoms with van der Waals surface area (Å²) < 4.78 is 27.2. The quantitative estimate of drug-likeness (QED) is 0.687. The van der Waals surface area contributed by atoms with Crippen LogP contribution >= 0.6 is 0 Å². The van der Waals surface area contributed by atoms with Gasteiger partial charge in [0, 0.05) is 32.2 Å². The molecule has 0 spiro atoms. The number of sulfonamides is 1. The molecule has 1 aromatic carbocycles. The maximum Gasteiger partial charge on any atom is 0.253 e. The number of aromatic amines is 1. The van der Waals surface area contributed by atoms with Crippen LogP contribution in [0.3, 0.4) is 0 Å². The standard InChI is InChI=1S/C20H26N6O3S/c1-25(10-6-9-18-17(14-21)19(22)24-23-18)20(27)15-7-5-8-16(13-15)30(28,29)26-11-3-2-4-12-26/h5,7-8,13H,2-4,6,9-12H2,1H3,(H3,22,23,24). The Hall–Kier alpha value is -2.90. The van der Waals surface area contributed by atoms with Crippen LogP contribution in [0, 0.1) is 11.3 Å². The summed E-state index contributed by atoms with van der Waals surface area (Å²) >= 11 is 0. The molecule has 0 aliphatic carbocycles. The van der Waals surface area contributed by atoms with Gasteiger partial charge in [0.15, 0.2) is 5.82 Å². The minimum atomic E-state index is -3.59. The van der Waals surface area contributed by atoms with Crippen LogP contribution in [-0.4, -0.2) is 60.4 Å². The zero-order chi connectivity index (χ0) is 21.7. The molecule has 0 bridgehead atoms. The van der Waals surface area contributed by atoms with E-state index in [9.17, 15) is 13.2 Å². The fraction of sp³-hybridized carbons (Fsp3) is 0.450. The highest BCUT2D eigenvalue weighted by Crippen LogP contribution is 2.22. The first-order chi connectivity index (χ1) is 14.3. The molecule has 1 aliphatic heterocycles. The maximum atomic E-state index is 12.9. The number of H-pyrrole nitrogens is 1. The number of carbonyl (C=O) groups is 1. The number of nitrogens with zero attached hydrogens (tertiary/aromatic N) is 4. The SMILES string of the molecule is CN(CCCc1[nH]nc(N)c1C#N)C(=O)c1cccc(S(=O)(=O)N2CCCCC2)c1. The number of hydrogen-bond acceptors (Lipinski definition) is 6. The molecule has 30 heavy (non-hydrogen) atoms. The summed E-state index contributed by atoms with van der Waals surface area (Å²) in [5.41, 5.74) is 6.94. The third-order valence-electron chi connectivity index (χ3n) is 5.28. The topological polar surface area (TPSA) is 136 Å². The van der Waals surface area contributed by atoms with Crippen LogP contribution in [-0.2, 0) is 16.4 Å². The van der Waals surface area contributed by atoms with E-state index >= 15 is 0 Å². The molecule has 160 valence electrons. The predicted octanol–water partition coefficient (Wildman–Crippen LogP) is 1.74. The molecule has 1 aliphatic rings. The van der Waals surface area contributed by atoms with Crippen LogP contribution in [0.25, 0.3) is 0 Å². The van der Waals surface area contributed by atoms with E-state index in [0.717, 1.165) is 19.3 Å². The summed E-state index contributed by atoms with van der Waals surface area (Å²) in [6.07, 6.45) is 3.88. The molecule has 3 rings (SSSR count). The van der Waals surface area contributed by atoms with E-state index in [1.807, 2.05) is 6.07 Å². The number of aromatic nitrogens is 2. The molecule has 1 amide bonds. The van der Waals surface area contributed by atoms with Gasteiger partial charge in [-0.3, -0.25) is 9.89 Å². The summed E-state index contributed by atoms with van der Waals surface area (Å²) in [5.74, 6) is -0.0843. The summed E-state index contributed by atoms with van der Waals surface area (Å²) in [4.78, 5) is 14.5. The number of carbonyl (C=O) groups excluding carboxylic acids is 1. The molecule has 1 aromatic heterocycles. The van der Waals surface area contributed by atoms with Crippen molar-refractivity contribution in [3.05, 3.63) is 41.1 Å². The lowest BCUT2D eigenvalue weighted by Crippen LogP contribution is -2.35. The minimum absolute atomic E-state index is 0.148. The van der Waals surface area contributed by atoms with E-state index in [-0.39, 0.29) is 16.6 Å². The second-order valence-corrected chi connectivity index (χ2v) is 9.33. The molecule has 1 fully saturated rings. The zero-order valence-electron chi connectivity index (χ0n) is 17.0. The van der Waals surface area contributed by atoms with Crippen LogP contribution in [0.2, 0.25) is 0 Å². The fourth-order valence-electron chi connectivity index (χ4n) is 3.56. The van der Waals surface area contributed by atoms with Gasteiger partial charge >= 0.3 is 0 Å². The number of amides is 1. The third kappa shape index (κ3) is 4.63. The van der Waals surface area contributed by atoms with Gasteiger partial charge in [0.25, 0.3) is 5.91 Å². The Kier molecular flexibility index (Phi) is 6.74. The molecule has 0 atom stereocenters. The van der Waals surface area contributed by atoms with Gasteiger partial charge in [-0.2, -0.15) is 14.7 Å². The second-order valence-electron chi connectivity index (χ2n) is 7.40. The average molecular weight is 431 g/mol. The summed E-state index contributed by atoms with van der Waals surface area (Å²) in [6.45, 7) is 1.47. The molecule has 2 aromatic rings. The average Bonchev–Trinajstić information content (AvgIpc) is 3.13. The van der Waals surface area contributed by atoms with E-state index in [1.165, 1.54) is 16.4 Å². The van der Waals surface area contributed by atoms with Crippen LogP contribution in [0.5, 0.6) is 0 Å². The number of nitrogens with two attached hydrogens (primary N) is 1. The molecule has 2 heterocycles. The highest BCUT2D eigenvalue weighted by atomic mass is 32.2. The largest absolute Gasteiger partial charge is 0.381 e. The predicted molar refractivity (Wildman–Crippen MR) is 112 cm³/mol. The maximum absolute atomic E-state index is 12.9. The number of anilines is 1. The van der Waals surface area contributed by atoms with Crippen molar-refractivity contribution in [3.8, 4) is 6.07 Å². The normalized spacial score (nSPS) is 14.9. The third-order valence-corrected chi connectivity index (χ3v) is 7.18. The number of nitrogens with one attached hydrogen (secondary N) is 1. The molecule has 0 radical (unpaired) electrons. The highest BCUT2D eigenvalue weighted by molar-refractivity contribution is 7.89. The van der Waals surface area contributed by atoms with Gasteiger partial charge in [-0.15, -0.1) is 0 Å². The van der Waals surface area contributed by atoms with Crippen molar-refractivity contribution in [3.63, 3.8) is 0 Å². The van der Waals surface area contributed by atoms with Gasteiger partial charge in [0.05, 0.1) is 10.6 Å². The van der Waals surface area contributed by atoms with E-state index < -0.39 is 10.0 Å². The Morgan fingerprint density at radius 2 is 2.07 bits per heavy atom. The molecule has 9 nitrogen and oxygen atoms in total.